The standard InChI is InChI=1S/C19H19FN2O4/c1-25-14-8-13(9-15(10-14)26-2)21-19(24)12-7-18(23)22(11-12)17-6-4-3-5-16(17)20/h3-6,8-10,12H,7,11H2,1-2H3,(H,21,24). The average molecular weight is 358 g/mol. The summed E-state index contributed by atoms with van der Waals surface area (Å²) in [6, 6.07) is 11.0. The predicted octanol–water partition coefficient (Wildman–Crippen LogP) is 2.83. The number of nitrogens with one attached hydrogen (secondary N) is 1. The number of benzene rings is 2. The minimum atomic E-state index is -0.570. The van der Waals surface area contributed by atoms with Gasteiger partial charge in [0.2, 0.25) is 11.8 Å². The Morgan fingerprint density at radius 1 is 1.15 bits per heavy atom. The Labute approximate surface area is 150 Å². The molecule has 2 aromatic rings. The fourth-order valence-electron chi connectivity index (χ4n) is 2.91. The van der Waals surface area contributed by atoms with Crippen molar-refractivity contribution in [3.05, 3.63) is 48.3 Å². The summed E-state index contributed by atoms with van der Waals surface area (Å²) in [6.07, 6.45) is 0.0290. The Morgan fingerprint density at radius 2 is 1.81 bits per heavy atom. The SMILES string of the molecule is COc1cc(NC(=O)C2CC(=O)N(c3ccccc3F)C2)cc(OC)c1. The Morgan fingerprint density at radius 3 is 2.42 bits per heavy atom. The molecule has 0 bridgehead atoms. The number of halogens is 1. The number of ether oxygens (including phenoxy) is 2. The Kier molecular flexibility index (Phi) is 5.06. The van der Waals surface area contributed by atoms with Gasteiger partial charge in [0.1, 0.15) is 17.3 Å². The van der Waals surface area contributed by atoms with Crippen LogP contribution in [-0.4, -0.2) is 32.6 Å². The lowest BCUT2D eigenvalue weighted by atomic mass is 10.1. The second-order valence-corrected chi connectivity index (χ2v) is 5.95. The van der Waals surface area contributed by atoms with E-state index in [2.05, 4.69) is 5.32 Å². The number of nitrogens with zero attached hydrogens (tertiary/aromatic N) is 1. The van der Waals surface area contributed by atoms with Crippen LogP contribution < -0.4 is 19.7 Å². The van der Waals surface area contributed by atoms with Gasteiger partial charge >= 0.3 is 0 Å². The monoisotopic (exact) mass is 358 g/mol. The van der Waals surface area contributed by atoms with Gasteiger partial charge in [-0.15, -0.1) is 0 Å². The highest BCUT2D eigenvalue weighted by Gasteiger charge is 2.36. The largest absolute Gasteiger partial charge is 0.497 e. The normalized spacial score (nSPS) is 16.5. The highest BCUT2D eigenvalue weighted by Crippen LogP contribution is 2.29. The average Bonchev–Trinajstić information content (AvgIpc) is 3.03. The van der Waals surface area contributed by atoms with E-state index in [4.69, 9.17) is 9.47 Å². The van der Waals surface area contributed by atoms with Crippen LogP contribution in [0.2, 0.25) is 0 Å². The second-order valence-electron chi connectivity index (χ2n) is 5.95. The molecule has 0 saturated carbocycles. The van der Waals surface area contributed by atoms with Crippen molar-refractivity contribution in [2.45, 2.75) is 6.42 Å². The third-order valence-corrected chi connectivity index (χ3v) is 4.26. The van der Waals surface area contributed by atoms with Gasteiger partial charge in [0, 0.05) is 36.9 Å². The minimum absolute atomic E-state index is 0.0290. The number of carbonyl (C=O) groups excluding carboxylic acids is 2. The number of rotatable bonds is 5. The van der Waals surface area contributed by atoms with Gasteiger partial charge in [0.15, 0.2) is 0 Å². The number of anilines is 2. The van der Waals surface area contributed by atoms with E-state index in [9.17, 15) is 14.0 Å². The fraction of sp³-hybridized carbons (Fsp3) is 0.263. The third-order valence-electron chi connectivity index (χ3n) is 4.26. The first kappa shape index (κ1) is 17.7. The van der Waals surface area contributed by atoms with Crippen LogP contribution in [0.15, 0.2) is 42.5 Å². The minimum Gasteiger partial charge on any atom is -0.497 e. The molecule has 2 amide bonds. The molecule has 0 spiro atoms. The molecule has 1 aliphatic rings. The molecule has 1 fully saturated rings. The topological polar surface area (TPSA) is 67.9 Å². The van der Waals surface area contributed by atoms with Crippen molar-refractivity contribution < 1.29 is 23.5 Å². The molecular formula is C19H19FN2O4. The van der Waals surface area contributed by atoms with E-state index in [0.29, 0.717) is 17.2 Å². The molecule has 1 heterocycles. The van der Waals surface area contributed by atoms with Crippen LogP contribution in [0.3, 0.4) is 0 Å². The van der Waals surface area contributed by atoms with Crippen LogP contribution in [-0.2, 0) is 9.59 Å². The molecule has 1 atom stereocenters. The molecule has 1 N–H and O–H groups in total. The van der Waals surface area contributed by atoms with E-state index in [0.717, 1.165) is 0 Å². The van der Waals surface area contributed by atoms with E-state index in [1.54, 1.807) is 30.3 Å². The molecule has 1 saturated heterocycles. The fourth-order valence-corrected chi connectivity index (χ4v) is 2.91. The number of methoxy groups -OCH3 is 2. The molecular weight excluding hydrogens is 339 g/mol. The summed E-state index contributed by atoms with van der Waals surface area (Å²) in [5.41, 5.74) is 0.693. The molecule has 0 aliphatic carbocycles. The van der Waals surface area contributed by atoms with Crippen LogP contribution in [0.4, 0.5) is 15.8 Å². The van der Waals surface area contributed by atoms with Gasteiger partial charge in [-0.1, -0.05) is 12.1 Å². The number of hydrogen-bond donors (Lipinski definition) is 1. The summed E-state index contributed by atoms with van der Waals surface area (Å²) in [4.78, 5) is 26.1. The summed E-state index contributed by atoms with van der Waals surface area (Å²) in [5, 5.41) is 2.77. The van der Waals surface area contributed by atoms with Crippen LogP contribution in [0, 0.1) is 11.7 Å². The van der Waals surface area contributed by atoms with E-state index >= 15 is 0 Å². The smallest absolute Gasteiger partial charge is 0.229 e. The molecule has 0 aromatic heterocycles. The van der Waals surface area contributed by atoms with Crippen LogP contribution in [0.25, 0.3) is 0 Å². The van der Waals surface area contributed by atoms with Gasteiger partial charge in [-0.05, 0) is 12.1 Å². The van der Waals surface area contributed by atoms with E-state index in [1.807, 2.05) is 0 Å². The summed E-state index contributed by atoms with van der Waals surface area (Å²) < 4.78 is 24.3. The molecule has 1 aliphatic heterocycles. The summed E-state index contributed by atoms with van der Waals surface area (Å²) in [5.74, 6) is -0.574. The molecule has 26 heavy (non-hydrogen) atoms. The van der Waals surface area contributed by atoms with Crippen molar-refractivity contribution >= 4 is 23.2 Å². The highest BCUT2D eigenvalue weighted by molar-refractivity contribution is 6.03. The zero-order chi connectivity index (χ0) is 18.7. The van der Waals surface area contributed by atoms with Gasteiger partial charge in [0.25, 0.3) is 0 Å². The Hall–Kier alpha value is -3.09. The van der Waals surface area contributed by atoms with Crippen LogP contribution in [0.5, 0.6) is 11.5 Å². The zero-order valence-electron chi connectivity index (χ0n) is 14.5. The third kappa shape index (κ3) is 3.61. The molecule has 6 nitrogen and oxygen atoms in total. The van der Waals surface area contributed by atoms with Gasteiger partial charge in [-0.2, -0.15) is 0 Å². The number of hydrogen-bond acceptors (Lipinski definition) is 4. The van der Waals surface area contributed by atoms with E-state index in [1.165, 1.54) is 31.3 Å². The maximum atomic E-state index is 13.9. The molecule has 0 radical (unpaired) electrons. The molecule has 7 heteroatoms. The molecule has 2 aromatic carbocycles. The van der Waals surface area contributed by atoms with Crippen molar-refractivity contribution in [2.75, 3.05) is 31.0 Å². The quantitative estimate of drug-likeness (QED) is 0.892. The molecule has 136 valence electrons. The molecule has 3 rings (SSSR count). The number of para-hydroxylation sites is 1. The van der Waals surface area contributed by atoms with E-state index in [-0.39, 0.29) is 30.5 Å². The highest BCUT2D eigenvalue weighted by atomic mass is 19.1. The number of carbonyl (C=O) groups is 2. The van der Waals surface area contributed by atoms with Gasteiger partial charge in [0.05, 0.1) is 25.8 Å². The first-order valence-corrected chi connectivity index (χ1v) is 8.10. The van der Waals surface area contributed by atoms with Gasteiger partial charge in [-0.3, -0.25) is 9.59 Å². The Bertz CT molecular complexity index is 818. The Balaban J connectivity index is 1.74. The number of amides is 2. The lowest BCUT2D eigenvalue weighted by Crippen LogP contribution is -2.28. The first-order valence-electron chi connectivity index (χ1n) is 8.10. The predicted molar refractivity (Wildman–Crippen MR) is 95.0 cm³/mol. The van der Waals surface area contributed by atoms with Crippen molar-refractivity contribution in [1.29, 1.82) is 0 Å². The van der Waals surface area contributed by atoms with Gasteiger partial charge in [-0.25, -0.2) is 4.39 Å². The summed E-state index contributed by atoms with van der Waals surface area (Å²) >= 11 is 0. The van der Waals surface area contributed by atoms with E-state index < -0.39 is 11.7 Å². The summed E-state index contributed by atoms with van der Waals surface area (Å²) in [7, 11) is 3.03. The maximum absolute atomic E-state index is 13.9. The first-order chi connectivity index (χ1) is 12.5. The van der Waals surface area contributed by atoms with Crippen LogP contribution >= 0.6 is 0 Å². The van der Waals surface area contributed by atoms with Crippen molar-refractivity contribution in [1.82, 2.24) is 0 Å². The van der Waals surface area contributed by atoms with Gasteiger partial charge < -0.3 is 19.7 Å². The van der Waals surface area contributed by atoms with Crippen molar-refractivity contribution in [2.24, 2.45) is 5.92 Å². The second kappa shape index (κ2) is 7.43. The lowest BCUT2D eigenvalue weighted by molar-refractivity contribution is -0.122. The maximum Gasteiger partial charge on any atom is 0.229 e. The molecule has 1 unspecified atom stereocenters. The summed E-state index contributed by atoms with van der Waals surface area (Å²) in [6.45, 7) is 0.132. The lowest BCUT2D eigenvalue weighted by Gasteiger charge is -2.17. The van der Waals surface area contributed by atoms with Crippen LogP contribution in [0.1, 0.15) is 6.42 Å². The zero-order valence-corrected chi connectivity index (χ0v) is 14.5. The van der Waals surface area contributed by atoms with Crippen molar-refractivity contribution in [3.63, 3.8) is 0 Å². The van der Waals surface area contributed by atoms with Crippen molar-refractivity contribution in [3.8, 4) is 11.5 Å².